The molecule has 0 heterocycles. The molecule has 1 aliphatic rings. The summed E-state index contributed by atoms with van der Waals surface area (Å²) >= 11 is 0. The standard InChI is InChI=1S/C14H18N2O4/c1-16(10-4-5-10)13(17)8-20-14(18)11-7-9(15)3-6-12(11)19-2/h3,6-7,10H,4-5,8,15H2,1-2H3. The second-order valence-corrected chi connectivity index (χ2v) is 4.77. The highest BCUT2D eigenvalue weighted by atomic mass is 16.5. The van der Waals surface area contributed by atoms with Crippen molar-refractivity contribution in [3.8, 4) is 5.75 Å². The number of likely N-dealkylation sites (N-methyl/N-ethyl adjacent to an activating group) is 1. The average Bonchev–Trinajstić information content (AvgIpc) is 3.28. The van der Waals surface area contributed by atoms with E-state index in [1.165, 1.54) is 13.2 Å². The summed E-state index contributed by atoms with van der Waals surface area (Å²) in [6, 6.07) is 4.98. The monoisotopic (exact) mass is 278 g/mol. The molecule has 1 aliphatic carbocycles. The summed E-state index contributed by atoms with van der Waals surface area (Å²) in [6.07, 6.45) is 2.03. The fraction of sp³-hybridized carbons (Fsp3) is 0.429. The zero-order chi connectivity index (χ0) is 14.7. The van der Waals surface area contributed by atoms with E-state index in [2.05, 4.69) is 0 Å². The highest BCUT2D eigenvalue weighted by Crippen LogP contribution is 2.25. The molecule has 0 spiro atoms. The van der Waals surface area contributed by atoms with Crippen molar-refractivity contribution in [2.45, 2.75) is 18.9 Å². The number of carbonyl (C=O) groups excluding carboxylic acids is 2. The largest absolute Gasteiger partial charge is 0.496 e. The number of ether oxygens (including phenoxy) is 2. The van der Waals surface area contributed by atoms with Gasteiger partial charge < -0.3 is 20.1 Å². The Labute approximate surface area is 117 Å². The van der Waals surface area contributed by atoms with E-state index in [1.807, 2.05) is 0 Å². The van der Waals surface area contributed by atoms with Gasteiger partial charge in [0.15, 0.2) is 6.61 Å². The van der Waals surface area contributed by atoms with Crippen LogP contribution in [0.2, 0.25) is 0 Å². The van der Waals surface area contributed by atoms with Crippen molar-refractivity contribution in [2.75, 3.05) is 26.5 Å². The maximum atomic E-state index is 12.0. The van der Waals surface area contributed by atoms with Gasteiger partial charge in [0.2, 0.25) is 0 Å². The summed E-state index contributed by atoms with van der Waals surface area (Å²) in [6.45, 7) is -0.274. The lowest BCUT2D eigenvalue weighted by atomic mass is 10.2. The van der Waals surface area contributed by atoms with Crippen molar-refractivity contribution in [1.29, 1.82) is 0 Å². The molecule has 0 atom stereocenters. The Kier molecular flexibility index (Phi) is 4.12. The van der Waals surface area contributed by atoms with Gasteiger partial charge in [0, 0.05) is 18.8 Å². The highest BCUT2D eigenvalue weighted by molar-refractivity contribution is 5.95. The molecular weight excluding hydrogens is 260 g/mol. The Hall–Kier alpha value is -2.24. The molecule has 2 N–H and O–H groups in total. The quantitative estimate of drug-likeness (QED) is 0.643. The summed E-state index contributed by atoms with van der Waals surface area (Å²) in [7, 11) is 3.17. The molecular formula is C14H18N2O4. The van der Waals surface area contributed by atoms with Crippen LogP contribution >= 0.6 is 0 Å². The summed E-state index contributed by atoms with van der Waals surface area (Å²) in [5.41, 5.74) is 6.28. The minimum absolute atomic E-state index is 0.205. The first-order valence-corrected chi connectivity index (χ1v) is 6.39. The molecule has 0 aliphatic heterocycles. The first-order chi connectivity index (χ1) is 9.52. The molecule has 0 saturated heterocycles. The van der Waals surface area contributed by atoms with Gasteiger partial charge in [-0.05, 0) is 31.0 Å². The Morgan fingerprint density at radius 1 is 1.40 bits per heavy atom. The highest BCUT2D eigenvalue weighted by Gasteiger charge is 2.30. The van der Waals surface area contributed by atoms with Crippen molar-refractivity contribution in [2.24, 2.45) is 0 Å². The summed E-state index contributed by atoms with van der Waals surface area (Å²) in [5.74, 6) is -0.456. The number of carbonyl (C=O) groups is 2. The number of hydrogen-bond acceptors (Lipinski definition) is 5. The molecule has 0 aromatic heterocycles. The molecule has 1 saturated carbocycles. The molecule has 1 aromatic rings. The fourth-order valence-electron chi connectivity index (χ4n) is 1.86. The number of hydrogen-bond donors (Lipinski definition) is 1. The summed E-state index contributed by atoms with van der Waals surface area (Å²) < 4.78 is 10.1. The van der Waals surface area contributed by atoms with Gasteiger partial charge in [-0.15, -0.1) is 0 Å². The van der Waals surface area contributed by atoms with Crippen molar-refractivity contribution in [1.82, 2.24) is 4.90 Å². The van der Waals surface area contributed by atoms with Crippen LogP contribution in [0.15, 0.2) is 18.2 Å². The molecule has 2 rings (SSSR count). The zero-order valence-electron chi connectivity index (χ0n) is 11.6. The second-order valence-electron chi connectivity index (χ2n) is 4.77. The average molecular weight is 278 g/mol. The van der Waals surface area contributed by atoms with Gasteiger partial charge in [-0.1, -0.05) is 0 Å². The SMILES string of the molecule is COc1ccc(N)cc1C(=O)OCC(=O)N(C)C1CC1. The number of esters is 1. The predicted molar refractivity (Wildman–Crippen MR) is 73.5 cm³/mol. The van der Waals surface area contributed by atoms with Crippen LogP contribution in [0.5, 0.6) is 5.75 Å². The number of amides is 1. The van der Waals surface area contributed by atoms with Gasteiger partial charge in [0.1, 0.15) is 11.3 Å². The topological polar surface area (TPSA) is 81.9 Å². The minimum atomic E-state index is -0.619. The van der Waals surface area contributed by atoms with Crippen LogP contribution in [0.3, 0.4) is 0 Å². The Morgan fingerprint density at radius 3 is 2.70 bits per heavy atom. The molecule has 20 heavy (non-hydrogen) atoms. The van der Waals surface area contributed by atoms with Crippen LogP contribution in [0.4, 0.5) is 5.69 Å². The third-order valence-corrected chi connectivity index (χ3v) is 3.26. The normalized spacial score (nSPS) is 13.7. The molecule has 1 amide bonds. The van der Waals surface area contributed by atoms with E-state index in [0.717, 1.165) is 12.8 Å². The van der Waals surface area contributed by atoms with Crippen LogP contribution in [0.1, 0.15) is 23.2 Å². The summed E-state index contributed by atoms with van der Waals surface area (Å²) in [4.78, 5) is 25.3. The van der Waals surface area contributed by atoms with Crippen LogP contribution in [0.25, 0.3) is 0 Å². The summed E-state index contributed by atoms with van der Waals surface area (Å²) in [5, 5.41) is 0. The first kappa shape index (κ1) is 14.2. The molecule has 0 radical (unpaired) electrons. The fourth-order valence-corrected chi connectivity index (χ4v) is 1.86. The van der Waals surface area contributed by atoms with Crippen molar-refractivity contribution >= 4 is 17.6 Å². The number of nitrogens with two attached hydrogens (primary N) is 1. The third kappa shape index (κ3) is 3.20. The lowest BCUT2D eigenvalue weighted by molar-refractivity contribution is -0.133. The van der Waals surface area contributed by atoms with Crippen LogP contribution in [0, 0.1) is 0 Å². The van der Waals surface area contributed by atoms with Gasteiger partial charge in [0.25, 0.3) is 5.91 Å². The molecule has 6 nitrogen and oxygen atoms in total. The van der Waals surface area contributed by atoms with Gasteiger partial charge in [0.05, 0.1) is 7.11 Å². The minimum Gasteiger partial charge on any atom is -0.496 e. The second kappa shape index (κ2) is 5.81. The van der Waals surface area contributed by atoms with E-state index in [0.29, 0.717) is 17.5 Å². The number of nitrogens with zero attached hydrogens (tertiary/aromatic N) is 1. The number of methoxy groups -OCH3 is 1. The van der Waals surface area contributed by atoms with E-state index >= 15 is 0 Å². The smallest absolute Gasteiger partial charge is 0.342 e. The molecule has 0 bridgehead atoms. The van der Waals surface area contributed by atoms with E-state index in [-0.39, 0.29) is 18.1 Å². The lowest BCUT2D eigenvalue weighted by Crippen LogP contribution is -2.32. The van der Waals surface area contributed by atoms with E-state index in [4.69, 9.17) is 15.2 Å². The molecule has 108 valence electrons. The number of rotatable bonds is 5. The van der Waals surface area contributed by atoms with Crippen molar-refractivity contribution in [3.63, 3.8) is 0 Å². The van der Waals surface area contributed by atoms with Crippen molar-refractivity contribution in [3.05, 3.63) is 23.8 Å². The van der Waals surface area contributed by atoms with E-state index in [1.54, 1.807) is 24.1 Å². The molecule has 6 heteroatoms. The Morgan fingerprint density at radius 2 is 2.10 bits per heavy atom. The van der Waals surface area contributed by atoms with Crippen LogP contribution in [-0.2, 0) is 9.53 Å². The number of anilines is 1. The lowest BCUT2D eigenvalue weighted by Gasteiger charge is -2.16. The predicted octanol–water partition coefficient (Wildman–Crippen LogP) is 1.05. The van der Waals surface area contributed by atoms with E-state index in [9.17, 15) is 9.59 Å². The molecule has 0 unspecified atom stereocenters. The molecule has 1 fully saturated rings. The maximum Gasteiger partial charge on any atom is 0.342 e. The third-order valence-electron chi connectivity index (χ3n) is 3.26. The van der Waals surface area contributed by atoms with Crippen LogP contribution in [-0.4, -0.2) is 43.6 Å². The maximum absolute atomic E-state index is 12.0. The number of nitrogen functional groups attached to an aromatic ring is 1. The first-order valence-electron chi connectivity index (χ1n) is 6.39. The van der Waals surface area contributed by atoms with E-state index < -0.39 is 5.97 Å². The van der Waals surface area contributed by atoms with Gasteiger partial charge >= 0.3 is 5.97 Å². The number of benzene rings is 1. The van der Waals surface area contributed by atoms with Crippen LogP contribution < -0.4 is 10.5 Å². The molecule has 1 aromatic carbocycles. The van der Waals surface area contributed by atoms with Crippen molar-refractivity contribution < 1.29 is 19.1 Å². The Bertz CT molecular complexity index is 526. The van der Waals surface area contributed by atoms with Gasteiger partial charge in [-0.2, -0.15) is 0 Å². The van der Waals surface area contributed by atoms with Gasteiger partial charge in [-0.25, -0.2) is 4.79 Å². The van der Waals surface area contributed by atoms with Gasteiger partial charge in [-0.3, -0.25) is 4.79 Å². The Balaban J connectivity index is 1.97. The zero-order valence-corrected chi connectivity index (χ0v) is 11.6.